The fourth-order valence-corrected chi connectivity index (χ4v) is 5.70. The average Bonchev–Trinajstić information content (AvgIpc) is 3.01. The van der Waals surface area contributed by atoms with Gasteiger partial charge in [-0.3, -0.25) is 14.8 Å². The number of aryl methyl sites for hydroxylation is 2. The SMILES string of the molecule is Cc1n[nH]c(C)c1S(=O)(=O)N1CCCC(C(=O)NCCN2CCNCC2)C1.Cl. The van der Waals surface area contributed by atoms with Crippen LogP contribution < -0.4 is 10.6 Å². The molecule has 1 unspecified atom stereocenters. The Morgan fingerprint density at radius 1 is 1.25 bits per heavy atom. The molecule has 3 N–H and O–H groups in total. The van der Waals surface area contributed by atoms with Crippen LogP contribution >= 0.6 is 12.4 Å². The number of hydrogen-bond donors (Lipinski definition) is 3. The molecule has 1 aromatic rings. The van der Waals surface area contributed by atoms with Crippen molar-refractivity contribution in [1.29, 1.82) is 0 Å². The largest absolute Gasteiger partial charge is 0.355 e. The summed E-state index contributed by atoms with van der Waals surface area (Å²) >= 11 is 0. The smallest absolute Gasteiger partial charge is 0.246 e. The minimum Gasteiger partial charge on any atom is -0.355 e. The third kappa shape index (κ3) is 5.24. The van der Waals surface area contributed by atoms with Crippen molar-refractivity contribution < 1.29 is 13.2 Å². The van der Waals surface area contributed by atoms with Gasteiger partial charge in [0.15, 0.2) is 0 Å². The van der Waals surface area contributed by atoms with Gasteiger partial charge < -0.3 is 10.6 Å². The second kappa shape index (κ2) is 10.0. The molecule has 2 fully saturated rings. The summed E-state index contributed by atoms with van der Waals surface area (Å²) in [5.74, 6) is -0.352. The van der Waals surface area contributed by atoms with Crippen LogP contribution in [0.4, 0.5) is 0 Å². The highest BCUT2D eigenvalue weighted by molar-refractivity contribution is 7.89. The van der Waals surface area contributed by atoms with Crippen molar-refractivity contribution in [3.63, 3.8) is 0 Å². The zero-order valence-corrected chi connectivity index (χ0v) is 18.2. The van der Waals surface area contributed by atoms with Crippen molar-refractivity contribution in [3.05, 3.63) is 11.4 Å². The molecule has 2 aliphatic rings. The Bertz CT molecular complexity index is 743. The molecule has 0 aromatic carbocycles. The minimum absolute atomic E-state index is 0. The van der Waals surface area contributed by atoms with Gasteiger partial charge in [-0.15, -0.1) is 12.4 Å². The van der Waals surface area contributed by atoms with Gasteiger partial charge in [-0.2, -0.15) is 9.40 Å². The van der Waals surface area contributed by atoms with Crippen molar-refractivity contribution in [2.75, 3.05) is 52.4 Å². The van der Waals surface area contributed by atoms with Gasteiger partial charge in [0.1, 0.15) is 4.90 Å². The molecule has 28 heavy (non-hydrogen) atoms. The first-order valence-corrected chi connectivity index (χ1v) is 11.1. The van der Waals surface area contributed by atoms with E-state index in [9.17, 15) is 13.2 Å². The number of aromatic amines is 1. The summed E-state index contributed by atoms with van der Waals surface area (Å²) in [5.41, 5.74) is 1.00. The number of H-pyrrole nitrogens is 1. The van der Waals surface area contributed by atoms with E-state index in [1.165, 1.54) is 4.31 Å². The van der Waals surface area contributed by atoms with E-state index in [1.807, 2.05) is 0 Å². The van der Waals surface area contributed by atoms with E-state index in [0.717, 1.165) is 39.1 Å². The van der Waals surface area contributed by atoms with Crippen LogP contribution in [-0.4, -0.2) is 86.1 Å². The van der Waals surface area contributed by atoms with Gasteiger partial charge in [0, 0.05) is 52.4 Å². The number of aromatic nitrogens is 2. The lowest BCUT2D eigenvalue weighted by Crippen LogP contribution is -2.48. The van der Waals surface area contributed by atoms with Crippen LogP contribution in [0.1, 0.15) is 24.2 Å². The zero-order valence-electron chi connectivity index (χ0n) is 16.5. The van der Waals surface area contributed by atoms with Crippen LogP contribution in [0.5, 0.6) is 0 Å². The number of carbonyl (C=O) groups excluding carboxylic acids is 1. The summed E-state index contributed by atoms with van der Waals surface area (Å²) in [6, 6.07) is 0. The lowest BCUT2D eigenvalue weighted by molar-refractivity contribution is -0.126. The molecular weight excluding hydrogens is 404 g/mol. The van der Waals surface area contributed by atoms with Crippen LogP contribution in [0, 0.1) is 19.8 Å². The maximum Gasteiger partial charge on any atom is 0.246 e. The number of nitrogens with zero attached hydrogens (tertiary/aromatic N) is 3. The Labute approximate surface area is 173 Å². The third-order valence-electron chi connectivity index (χ3n) is 5.35. The first-order chi connectivity index (χ1) is 12.9. The Morgan fingerprint density at radius 2 is 1.96 bits per heavy atom. The highest BCUT2D eigenvalue weighted by Crippen LogP contribution is 2.26. The van der Waals surface area contributed by atoms with E-state index in [2.05, 4.69) is 25.7 Å². The predicted octanol–water partition coefficient (Wildman–Crippen LogP) is -0.130. The topological polar surface area (TPSA) is 110 Å². The molecule has 0 bridgehead atoms. The van der Waals surface area contributed by atoms with Crippen molar-refractivity contribution in [3.8, 4) is 0 Å². The molecule has 160 valence electrons. The average molecular weight is 435 g/mol. The minimum atomic E-state index is -3.64. The third-order valence-corrected chi connectivity index (χ3v) is 7.48. The van der Waals surface area contributed by atoms with Gasteiger partial charge in [0.05, 0.1) is 17.3 Å². The highest BCUT2D eigenvalue weighted by Gasteiger charge is 2.35. The zero-order chi connectivity index (χ0) is 19.4. The summed E-state index contributed by atoms with van der Waals surface area (Å²) in [5, 5.41) is 13.0. The second-order valence-electron chi connectivity index (χ2n) is 7.35. The fraction of sp³-hybridized carbons (Fsp3) is 0.765. The summed E-state index contributed by atoms with van der Waals surface area (Å²) in [4.78, 5) is 15.1. The van der Waals surface area contributed by atoms with E-state index in [4.69, 9.17) is 0 Å². The molecule has 2 aliphatic heterocycles. The number of sulfonamides is 1. The highest BCUT2D eigenvalue weighted by atomic mass is 35.5. The van der Waals surface area contributed by atoms with Crippen LogP contribution in [0.15, 0.2) is 4.90 Å². The Hall–Kier alpha value is -1.20. The van der Waals surface area contributed by atoms with E-state index >= 15 is 0 Å². The van der Waals surface area contributed by atoms with Crippen LogP contribution in [0.25, 0.3) is 0 Å². The summed E-state index contributed by atoms with van der Waals surface area (Å²) in [6.07, 6.45) is 1.40. The number of nitrogens with one attached hydrogen (secondary N) is 3. The second-order valence-corrected chi connectivity index (χ2v) is 9.22. The molecule has 3 heterocycles. The van der Waals surface area contributed by atoms with Crippen LogP contribution in [0.3, 0.4) is 0 Å². The van der Waals surface area contributed by atoms with E-state index in [0.29, 0.717) is 30.9 Å². The molecule has 9 nitrogen and oxygen atoms in total. The number of rotatable bonds is 6. The summed E-state index contributed by atoms with van der Waals surface area (Å²) in [6.45, 7) is 9.44. The van der Waals surface area contributed by atoms with Gasteiger partial charge in [-0.1, -0.05) is 0 Å². The number of halogens is 1. The Morgan fingerprint density at radius 3 is 2.61 bits per heavy atom. The maximum absolute atomic E-state index is 13.0. The normalized spacial score (nSPS) is 21.9. The van der Waals surface area contributed by atoms with Gasteiger partial charge >= 0.3 is 0 Å². The number of piperidine rings is 1. The number of piperazine rings is 1. The molecule has 3 rings (SSSR count). The van der Waals surface area contributed by atoms with Crippen LogP contribution in [0.2, 0.25) is 0 Å². The molecule has 0 spiro atoms. The number of carbonyl (C=O) groups is 1. The Balaban J connectivity index is 0.00000280. The quantitative estimate of drug-likeness (QED) is 0.575. The molecule has 11 heteroatoms. The maximum atomic E-state index is 13.0. The lowest BCUT2D eigenvalue weighted by atomic mass is 9.99. The fourth-order valence-electron chi connectivity index (χ4n) is 3.84. The van der Waals surface area contributed by atoms with Gasteiger partial charge in [-0.25, -0.2) is 8.42 Å². The molecule has 2 saturated heterocycles. The monoisotopic (exact) mass is 434 g/mol. The number of amides is 1. The molecule has 0 aliphatic carbocycles. The Kier molecular flexibility index (Phi) is 8.26. The van der Waals surface area contributed by atoms with E-state index in [1.54, 1.807) is 13.8 Å². The summed E-state index contributed by atoms with van der Waals surface area (Å²) < 4.78 is 27.4. The van der Waals surface area contributed by atoms with Gasteiger partial charge in [0.25, 0.3) is 0 Å². The van der Waals surface area contributed by atoms with Crippen molar-refractivity contribution >= 4 is 28.3 Å². The van der Waals surface area contributed by atoms with E-state index < -0.39 is 10.0 Å². The first-order valence-electron chi connectivity index (χ1n) is 9.62. The predicted molar refractivity (Wildman–Crippen MR) is 109 cm³/mol. The molecule has 1 aromatic heterocycles. The van der Waals surface area contributed by atoms with E-state index in [-0.39, 0.29) is 35.7 Å². The molecular formula is C17H31ClN6O3S. The van der Waals surface area contributed by atoms with Crippen molar-refractivity contribution in [1.82, 2.24) is 30.0 Å². The van der Waals surface area contributed by atoms with Crippen molar-refractivity contribution in [2.24, 2.45) is 5.92 Å². The van der Waals surface area contributed by atoms with Crippen molar-refractivity contribution in [2.45, 2.75) is 31.6 Å². The molecule has 1 atom stereocenters. The first kappa shape index (κ1) is 23.1. The summed E-state index contributed by atoms with van der Waals surface area (Å²) in [7, 11) is -3.64. The van der Waals surface area contributed by atoms with Gasteiger partial charge in [0.2, 0.25) is 15.9 Å². The van der Waals surface area contributed by atoms with Crippen LogP contribution in [-0.2, 0) is 14.8 Å². The lowest BCUT2D eigenvalue weighted by Gasteiger charge is -2.31. The number of hydrogen-bond acceptors (Lipinski definition) is 6. The molecule has 0 radical (unpaired) electrons. The molecule has 1 amide bonds. The standard InChI is InChI=1S/C17H30N6O3S.ClH/c1-13-16(14(2)21-20-13)27(25,26)23-8-3-4-15(12-23)17(24)19-7-11-22-9-5-18-6-10-22;/h15,18H,3-12H2,1-2H3,(H,19,24)(H,20,21);1H. The van der Waals surface area contributed by atoms with Gasteiger partial charge in [-0.05, 0) is 26.7 Å². The molecule has 0 saturated carbocycles.